The van der Waals surface area contributed by atoms with Crippen molar-refractivity contribution in [1.29, 1.82) is 0 Å². The zero-order valence-electron chi connectivity index (χ0n) is 25.7. The van der Waals surface area contributed by atoms with Gasteiger partial charge in [0.25, 0.3) is 0 Å². The summed E-state index contributed by atoms with van der Waals surface area (Å²) in [5.41, 5.74) is 6.56. The highest BCUT2D eigenvalue weighted by atomic mass is 32.1. The number of carboxylic acids is 2. The Morgan fingerprint density at radius 2 is 1.20 bits per heavy atom. The molecule has 15 nitrogen and oxygen atoms in total. The molecule has 1 rings (SSSR count). The second kappa shape index (κ2) is 19.3. The van der Waals surface area contributed by atoms with E-state index in [0.29, 0.717) is 12.0 Å². The maximum absolute atomic E-state index is 12.9. The number of amides is 5. The Bertz CT molecular complexity index is 1200. The first-order valence-corrected chi connectivity index (χ1v) is 15.1. The topological polar surface area (TPSA) is 246 Å². The van der Waals surface area contributed by atoms with Crippen LogP contribution in [0.4, 0.5) is 0 Å². The molecule has 6 atom stereocenters. The van der Waals surface area contributed by atoms with Crippen molar-refractivity contribution in [2.45, 2.75) is 89.6 Å². The molecular weight excluding hydrogens is 608 g/mol. The van der Waals surface area contributed by atoms with Crippen molar-refractivity contribution in [3.63, 3.8) is 0 Å². The summed E-state index contributed by atoms with van der Waals surface area (Å²) in [6, 6.07) is 1.55. The number of aliphatic carboxylic acids is 2. The van der Waals surface area contributed by atoms with Crippen LogP contribution in [0.1, 0.15) is 52.5 Å². The van der Waals surface area contributed by atoms with Crippen molar-refractivity contribution in [2.75, 3.05) is 5.75 Å². The normalized spacial score (nSPS) is 14.9. The molecule has 0 aromatic heterocycles. The second-order valence-corrected chi connectivity index (χ2v) is 11.4. The van der Waals surface area contributed by atoms with Gasteiger partial charge in [-0.2, -0.15) is 12.6 Å². The summed E-state index contributed by atoms with van der Waals surface area (Å²) < 4.78 is 0. The first-order valence-electron chi connectivity index (χ1n) is 14.4. The van der Waals surface area contributed by atoms with Gasteiger partial charge in [-0.3, -0.25) is 28.8 Å². The first kappa shape index (κ1) is 38.8. The molecule has 0 saturated heterocycles. The first-order chi connectivity index (χ1) is 21.0. The fraction of sp³-hybridized carbons (Fsp3) is 0.552. The van der Waals surface area contributed by atoms with Gasteiger partial charge in [0.05, 0.1) is 6.04 Å². The lowest BCUT2D eigenvalue weighted by molar-refractivity contribution is -0.142. The lowest BCUT2D eigenvalue weighted by Crippen LogP contribution is -2.58. The lowest BCUT2D eigenvalue weighted by Gasteiger charge is -2.24. The van der Waals surface area contributed by atoms with Crippen LogP contribution in [0.2, 0.25) is 0 Å². The van der Waals surface area contributed by atoms with E-state index >= 15 is 0 Å². The van der Waals surface area contributed by atoms with E-state index in [9.17, 15) is 38.7 Å². The minimum absolute atomic E-state index is 0.0209. The van der Waals surface area contributed by atoms with Crippen LogP contribution in [0, 0.1) is 5.92 Å². The average molecular weight is 653 g/mol. The van der Waals surface area contributed by atoms with Crippen molar-refractivity contribution in [1.82, 2.24) is 26.6 Å². The van der Waals surface area contributed by atoms with Gasteiger partial charge in [-0.15, -0.1) is 0 Å². The Balaban J connectivity index is 2.79. The molecule has 45 heavy (non-hydrogen) atoms. The van der Waals surface area contributed by atoms with Gasteiger partial charge in [-0.05, 0) is 38.2 Å². The van der Waals surface area contributed by atoms with Gasteiger partial charge in [0.2, 0.25) is 29.5 Å². The molecule has 0 fully saturated rings. The standard InChI is InChI=1S/C29H44N6O9S/c1-15(2)12-19(30)26(40)33-20(10-11-23(36)37)27(41)31-17(4)25(39)35-22(14-45)28(42)32-16(3)24(38)34-21(29(43)44)13-18-8-6-5-7-9-18/h5-9,15-17,19-22,45H,10-14,30H2,1-4H3,(H,31,41)(H,32,42)(H,33,40)(H,34,38)(H,35,39)(H,36,37)(H,43,44)/t16-,17-,19-,20-,21-,22-/m0/s1. The predicted octanol–water partition coefficient (Wildman–Crippen LogP) is -1.05. The Kier molecular flexibility index (Phi) is 16.6. The number of carbonyl (C=O) groups is 7. The van der Waals surface area contributed by atoms with Crippen LogP contribution >= 0.6 is 12.6 Å². The van der Waals surface area contributed by atoms with Crippen LogP contribution in [-0.2, 0) is 40.0 Å². The SMILES string of the molecule is CC(C)C[C@H](N)C(=O)N[C@@H](CCC(=O)O)C(=O)N[C@@H](C)C(=O)N[C@@H](CS)C(=O)N[C@@H](C)C(=O)N[C@@H](Cc1ccccc1)C(=O)O. The van der Waals surface area contributed by atoms with Crippen LogP contribution in [0.25, 0.3) is 0 Å². The molecule has 0 radical (unpaired) electrons. The summed E-state index contributed by atoms with van der Waals surface area (Å²) in [6.45, 7) is 6.37. The van der Waals surface area contributed by atoms with Gasteiger partial charge in [-0.1, -0.05) is 44.2 Å². The number of nitrogens with two attached hydrogens (primary N) is 1. The van der Waals surface area contributed by atoms with Gasteiger partial charge in [0, 0.05) is 18.6 Å². The fourth-order valence-electron chi connectivity index (χ4n) is 4.03. The number of hydrogen-bond donors (Lipinski definition) is 9. The summed E-state index contributed by atoms with van der Waals surface area (Å²) in [5.74, 6) is -6.39. The number of thiol groups is 1. The highest BCUT2D eigenvalue weighted by Crippen LogP contribution is 2.06. The fourth-order valence-corrected chi connectivity index (χ4v) is 4.28. The van der Waals surface area contributed by atoms with Gasteiger partial charge < -0.3 is 42.5 Å². The Morgan fingerprint density at radius 3 is 1.67 bits per heavy atom. The minimum atomic E-state index is -1.29. The molecule has 0 aliphatic carbocycles. The summed E-state index contributed by atoms with van der Waals surface area (Å²) in [5, 5.41) is 30.6. The molecule has 0 heterocycles. The van der Waals surface area contributed by atoms with E-state index in [1.54, 1.807) is 30.3 Å². The number of benzene rings is 1. The number of nitrogens with one attached hydrogen (secondary N) is 5. The third kappa shape index (κ3) is 14.4. The van der Waals surface area contributed by atoms with E-state index in [2.05, 4.69) is 39.2 Å². The predicted molar refractivity (Wildman–Crippen MR) is 167 cm³/mol. The largest absolute Gasteiger partial charge is 0.481 e. The number of rotatable bonds is 19. The third-order valence-electron chi connectivity index (χ3n) is 6.56. The molecule has 1 aromatic carbocycles. The van der Waals surface area contributed by atoms with E-state index in [0.717, 1.165) is 0 Å². The van der Waals surface area contributed by atoms with Crippen LogP contribution < -0.4 is 32.3 Å². The zero-order chi connectivity index (χ0) is 34.3. The highest BCUT2D eigenvalue weighted by Gasteiger charge is 2.30. The van der Waals surface area contributed by atoms with Gasteiger partial charge in [0.15, 0.2) is 0 Å². The van der Waals surface area contributed by atoms with Gasteiger partial charge in [0.1, 0.15) is 30.2 Å². The van der Waals surface area contributed by atoms with Crippen molar-refractivity contribution in [3.05, 3.63) is 35.9 Å². The highest BCUT2D eigenvalue weighted by molar-refractivity contribution is 7.80. The molecule has 250 valence electrons. The summed E-state index contributed by atoms with van der Waals surface area (Å²) in [7, 11) is 0. The smallest absolute Gasteiger partial charge is 0.326 e. The third-order valence-corrected chi connectivity index (χ3v) is 6.92. The van der Waals surface area contributed by atoms with E-state index in [1.807, 2.05) is 13.8 Å². The molecule has 0 aliphatic heterocycles. The van der Waals surface area contributed by atoms with E-state index in [1.165, 1.54) is 13.8 Å². The molecule has 0 bridgehead atoms. The minimum Gasteiger partial charge on any atom is -0.481 e. The monoisotopic (exact) mass is 652 g/mol. The van der Waals surface area contributed by atoms with E-state index in [4.69, 9.17) is 10.8 Å². The van der Waals surface area contributed by atoms with Crippen molar-refractivity contribution >= 4 is 54.1 Å². The molecule has 0 aliphatic rings. The Hall–Kier alpha value is -4.18. The molecule has 0 spiro atoms. The van der Waals surface area contributed by atoms with Crippen molar-refractivity contribution in [2.24, 2.45) is 11.7 Å². The van der Waals surface area contributed by atoms with Crippen LogP contribution in [0.15, 0.2) is 30.3 Å². The summed E-state index contributed by atoms with van der Waals surface area (Å²) >= 11 is 4.08. The van der Waals surface area contributed by atoms with Crippen molar-refractivity contribution in [3.8, 4) is 0 Å². The van der Waals surface area contributed by atoms with Crippen LogP contribution in [0.5, 0.6) is 0 Å². The summed E-state index contributed by atoms with van der Waals surface area (Å²) in [4.78, 5) is 86.4. The number of carboxylic acid groups (broad SMARTS) is 2. The van der Waals surface area contributed by atoms with Crippen molar-refractivity contribution < 1.29 is 43.8 Å². The lowest BCUT2D eigenvalue weighted by atomic mass is 10.0. The molecule has 9 N–H and O–H groups in total. The van der Waals surface area contributed by atoms with Crippen LogP contribution in [-0.4, -0.2) is 93.7 Å². The maximum atomic E-state index is 12.9. The molecule has 1 aromatic rings. The maximum Gasteiger partial charge on any atom is 0.326 e. The molecule has 0 saturated carbocycles. The summed E-state index contributed by atoms with van der Waals surface area (Å²) in [6.07, 6.45) is -0.344. The average Bonchev–Trinajstić information content (AvgIpc) is 2.96. The van der Waals surface area contributed by atoms with Gasteiger partial charge >= 0.3 is 11.9 Å². The molecular formula is C29H44N6O9S. The van der Waals surface area contributed by atoms with Crippen LogP contribution in [0.3, 0.4) is 0 Å². The van der Waals surface area contributed by atoms with Gasteiger partial charge in [-0.25, -0.2) is 4.79 Å². The quantitative estimate of drug-likeness (QED) is 0.0820. The zero-order valence-corrected chi connectivity index (χ0v) is 26.6. The number of hydrogen-bond acceptors (Lipinski definition) is 9. The van der Waals surface area contributed by atoms with E-state index < -0.39 is 84.1 Å². The Morgan fingerprint density at radius 1 is 0.711 bits per heavy atom. The molecule has 16 heteroatoms. The number of carbonyl (C=O) groups excluding carboxylic acids is 5. The molecule has 0 unspecified atom stereocenters. The Labute approximate surface area is 267 Å². The van der Waals surface area contributed by atoms with E-state index in [-0.39, 0.29) is 24.5 Å². The second-order valence-electron chi connectivity index (χ2n) is 11.0. The molecule has 5 amide bonds.